The third-order valence-corrected chi connectivity index (χ3v) is 3.60. The third kappa shape index (κ3) is 2.87. The highest BCUT2D eigenvalue weighted by molar-refractivity contribution is 8.16. The van der Waals surface area contributed by atoms with Crippen molar-refractivity contribution in [2.75, 3.05) is 6.26 Å². The number of pyridine rings is 1. The van der Waals surface area contributed by atoms with E-state index in [9.17, 15) is 4.89 Å². The molecular formula is C6H8NO3PS. The van der Waals surface area contributed by atoms with Gasteiger partial charge in [-0.25, -0.2) is 0 Å². The Bertz CT molecular complexity index is 297. The summed E-state index contributed by atoms with van der Waals surface area (Å²) in [6, 6.07) is 3.21. The molecule has 1 heterocycles. The average molecular weight is 205 g/mol. The van der Waals surface area contributed by atoms with Crippen molar-refractivity contribution in [1.29, 1.82) is 0 Å². The van der Waals surface area contributed by atoms with Gasteiger partial charge in [0.15, 0.2) is 6.26 Å². The van der Waals surface area contributed by atoms with Crippen LogP contribution in [0.2, 0.25) is 0 Å². The second-order valence-electron chi connectivity index (χ2n) is 1.93. The number of hydrogen-bond acceptors (Lipinski definition) is 3. The van der Waals surface area contributed by atoms with Crippen molar-refractivity contribution in [3.8, 4) is 5.75 Å². The predicted octanol–water partition coefficient (Wildman–Crippen LogP) is 0.203. The first-order valence-corrected chi connectivity index (χ1v) is 6.53. The Labute approximate surface area is 74.1 Å². The fourth-order valence-electron chi connectivity index (χ4n) is 0.572. The molecule has 0 aromatic carbocycles. The molecule has 0 bridgehead atoms. The molecule has 0 saturated heterocycles. The highest BCUT2D eigenvalue weighted by Gasteiger charge is 2.11. The van der Waals surface area contributed by atoms with Gasteiger partial charge in [0.2, 0.25) is 10.9 Å². The molecule has 0 saturated carbocycles. The van der Waals surface area contributed by atoms with Gasteiger partial charge in [0.1, 0.15) is 5.75 Å². The number of hydrogen-bond donors (Lipinski definition) is 1. The van der Waals surface area contributed by atoms with Gasteiger partial charge in [-0.3, -0.25) is 4.98 Å². The van der Waals surface area contributed by atoms with Gasteiger partial charge in [0.25, 0.3) is 0 Å². The average Bonchev–Trinajstić information content (AvgIpc) is 2.06. The first-order chi connectivity index (χ1) is 5.64. The Balaban J connectivity index is 2.78. The van der Waals surface area contributed by atoms with Crippen molar-refractivity contribution in [3.63, 3.8) is 0 Å². The van der Waals surface area contributed by atoms with Crippen molar-refractivity contribution in [2.45, 2.75) is 0 Å². The second-order valence-corrected chi connectivity index (χ2v) is 5.90. The molecule has 0 aliphatic rings. The minimum Gasteiger partial charge on any atom is -0.731 e. The van der Waals surface area contributed by atoms with E-state index in [1.54, 1.807) is 18.3 Å². The standard InChI is InChI=1S/C6H8NO3PS/c1-12-11(8,9)10-6-3-2-4-7-5-6/h2-5H,1H3,(H-,8,9). The van der Waals surface area contributed by atoms with E-state index in [1.807, 2.05) is 0 Å². The van der Waals surface area contributed by atoms with Crippen LogP contribution in [0.15, 0.2) is 24.5 Å². The summed E-state index contributed by atoms with van der Waals surface area (Å²) in [7, 11) is 0.783. The van der Waals surface area contributed by atoms with E-state index in [1.165, 1.54) is 12.5 Å². The highest BCUT2D eigenvalue weighted by atomic mass is 32.5. The van der Waals surface area contributed by atoms with E-state index in [2.05, 4.69) is 4.98 Å². The van der Waals surface area contributed by atoms with Gasteiger partial charge in [0.05, 0.1) is 6.20 Å². The van der Waals surface area contributed by atoms with Crippen molar-refractivity contribution < 1.29 is 14.3 Å². The molecule has 1 aromatic rings. The fourth-order valence-corrected chi connectivity index (χ4v) is 1.50. The minimum absolute atomic E-state index is 0.303. The number of aromatic nitrogens is 1. The first kappa shape index (κ1) is 9.61. The number of rotatable bonds is 2. The zero-order chi connectivity index (χ0) is 9.03. The van der Waals surface area contributed by atoms with E-state index in [4.69, 9.17) is 9.42 Å². The fraction of sp³-hybridized carbons (Fsp3) is 0.167. The summed E-state index contributed by atoms with van der Waals surface area (Å²) in [5.41, 5.74) is 0. The molecule has 6 heteroatoms. The summed E-state index contributed by atoms with van der Waals surface area (Å²) >= 11 is 0. The molecule has 1 rings (SSSR count). The lowest BCUT2D eigenvalue weighted by Crippen LogP contribution is -2.07. The van der Waals surface area contributed by atoms with E-state index in [-0.39, 0.29) is 0 Å². The van der Waals surface area contributed by atoms with Crippen LogP contribution < -0.4 is 9.42 Å². The van der Waals surface area contributed by atoms with Crippen LogP contribution in [0.25, 0.3) is 0 Å². The minimum atomic E-state index is -3.52. The van der Waals surface area contributed by atoms with Gasteiger partial charge < -0.3 is 14.3 Å². The molecular weight excluding hydrogens is 197 g/mol. The Hall–Kier alpha value is -0.480. The molecule has 0 aliphatic carbocycles. The smallest absolute Gasteiger partial charge is 0.368 e. The normalized spacial score (nSPS) is 14.9. The topological polar surface area (TPSA) is 65.4 Å². The summed E-state index contributed by atoms with van der Waals surface area (Å²) in [6.07, 6.45) is 4.46. The third-order valence-electron chi connectivity index (χ3n) is 1.09. The van der Waals surface area contributed by atoms with Gasteiger partial charge in [-0.05, 0) is 12.1 Å². The summed E-state index contributed by atoms with van der Waals surface area (Å²) < 4.78 is 4.76. The van der Waals surface area contributed by atoms with E-state index in [0.717, 1.165) is 10.9 Å². The van der Waals surface area contributed by atoms with Crippen LogP contribution in [0.1, 0.15) is 0 Å². The van der Waals surface area contributed by atoms with Gasteiger partial charge in [-0.1, -0.05) is 0 Å². The lowest BCUT2D eigenvalue weighted by Gasteiger charge is -2.13. The summed E-state index contributed by atoms with van der Waals surface area (Å²) in [5, 5.41) is 0. The quantitative estimate of drug-likeness (QED) is 0.553. The summed E-state index contributed by atoms with van der Waals surface area (Å²) in [5.74, 6) is 0.303. The maximum Gasteiger partial charge on any atom is 0.368 e. The maximum absolute atomic E-state index is 11.0. The van der Waals surface area contributed by atoms with E-state index < -0.39 is 6.72 Å². The molecule has 4 nitrogen and oxygen atoms in total. The van der Waals surface area contributed by atoms with Crippen LogP contribution in [0, 0.1) is 0 Å². The van der Waals surface area contributed by atoms with Crippen LogP contribution in [0.4, 0.5) is 0 Å². The van der Waals surface area contributed by atoms with E-state index in [0.29, 0.717) is 5.75 Å². The molecule has 0 radical (unpaired) electrons. The molecule has 0 fully saturated rings. The molecule has 1 atom stereocenters. The van der Waals surface area contributed by atoms with E-state index >= 15 is 0 Å². The summed E-state index contributed by atoms with van der Waals surface area (Å²) in [4.78, 5) is 23.8. The molecule has 0 aliphatic heterocycles. The molecule has 1 aromatic heterocycles. The van der Waals surface area contributed by atoms with Crippen LogP contribution in [-0.4, -0.2) is 16.1 Å². The first-order valence-electron chi connectivity index (χ1n) is 3.12. The molecule has 1 unspecified atom stereocenters. The zero-order valence-electron chi connectivity index (χ0n) is 6.38. The second kappa shape index (κ2) is 3.96. The maximum atomic E-state index is 11.0. The van der Waals surface area contributed by atoms with Gasteiger partial charge >= 0.3 is 6.72 Å². The predicted molar refractivity (Wildman–Crippen MR) is 47.3 cm³/mol. The van der Waals surface area contributed by atoms with Crippen molar-refractivity contribution in [2.24, 2.45) is 0 Å². The summed E-state index contributed by atoms with van der Waals surface area (Å²) in [6.45, 7) is -3.52. The van der Waals surface area contributed by atoms with Crippen LogP contribution in [-0.2, 0) is 10.9 Å². The Morgan fingerprint density at radius 1 is 1.75 bits per heavy atom. The molecule has 12 heavy (non-hydrogen) atoms. The van der Waals surface area contributed by atoms with Crippen molar-refractivity contribution in [3.05, 3.63) is 24.5 Å². The highest BCUT2D eigenvalue weighted by Crippen LogP contribution is 2.34. The van der Waals surface area contributed by atoms with Crippen molar-refractivity contribution >= 4 is 17.7 Å². The SMILES string of the molecule is C[S+]=P([O-])(O)Oc1cccnc1. The Morgan fingerprint density at radius 2 is 2.50 bits per heavy atom. The monoisotopic (exact) mass is 205 g/mol. The molecule has 0 spiro atoms. The lowest BCUT2D eigenvalue weighted by molar-refractivity contribution is -0.193. The zero-order valence-corrected chi connectivity index (χ0v) is 8.09. The Kier molecular flexibility index (Phi) is 3.17. The van der Waals surface area contributed by atoms with Gasteiger partial charge in [-0.2, -0.15) is 0 Å². The molecule has 0 amide bonds. The van der Waals surface area contributed by atoms with Crippen LogP contribution >= 0.6 is 6.72 Å². The van der Waals surface area contributed by atoms with Crippen LogP contribution in [0.5, 0.6) is 5.75 Å². The Morgan fingerprint density at radius 3 is 3.00 bits per heavy atom. The van der Waals surface area contributed by atoms with Crippen molar-refractivity contribution in [1.82, 2.24) is 4.98 Å². The molecule has 66 valence electrons. The van der Waals surface area contributed by atoms with Gasteiger partial charge in [-0.15, -0.1) is 0 Å². The number of nitrogens with zero attached hydrogens (tertiary/aromatic N) is 1. The largest absolute Gasteiger partial charge is 0.731 e. The van der Waals surface area contributed by atoms with Crippen LogP contribution in [0.3, 0.4) is 0 Å². The lowest BCUT2D eigenvalue weighted by atomic mass is 10.5. The van der Waals surface area contributed by atoms with Gasteiger partial charge in [0, 0.05) is 6.20 Å². The molecule has 1 N–H and O–H groups in total.